The van der Waals surface area contributed by atoms with E-state index in [0.29, 0.717) is 41.9 Å². The lowest BCUT2D eigenvalue weighted by atomic mass is 10.1. The number of halogens is 2. The van der Waals surface area contributed by atoms with Crippen LogP contribution in [0.25, 0.3) is 11.4 Å². The van der Waals surface area contributed by atoms with E-state index in [4.69, 9.17) is 11.6 Å². The second-order valence-corrected chi connectivity index (χ2v) is 6.76. The summed E-state index contributed by atoms with van der Waals surface area (Å²) in [5.74, 6) is 0.273. The number of nitrogens with zero attached hydrogens (tertiary/aromatic N) is 5. The third-order valence-electron chi connectivity index (χ3n) is 4.59. The van der Waals surface area contributed by atoms with Crippen molar-refractivity contribution in [2.75, 3.05) is 18.0 Å². The molecule has 4 rings (SSSR count). The average molecular weight is 386 g/mol. The Kier molecular flexibility index (Phi) is 4.85. The summed E-state index contributed by atoms with van der Waals surface area (Å²) in [5, 5.41) is 0.409. The maximum absolute atomic E-state index is 13.2. The van der Waals surface area contributed by atoms with E-state index < -0.39 is 0 Å². The molecule has 0 fully saturated rings. The number of rotatable bonds is 4. The fraction of sp³-hybridized carbons (Fsp3) is 0.263. The summed E-state index contributed by atoms with van der Waals surface area (Å²) >= 11 is 6.13. The van der Waals surface area contributed by atoms with Gasteiger partial charge in [0.15, 0.2) is 0 Å². The van der Waals surface area contributed by atoms with Gasteiger partial charge in [0, 0.05) is 36.9 Å². The summed E-state index contributed by atoms with van der Waals surface area (Å²) in [4.78, 5) is 27.4. The fourth-order valence-corrected chi connectivity index (χ4v) is 3.49. The van der Waals surface area contributed by atoms with Crippen molar-refractivity contribution in [3.63, 3.8) is 0 Å². The Morgan fingerprint density at radius 1 is 1.15 bits per heavy atom. The molecule has 1 aliphatic rings. The molecule has 0 saturated carbocycles. The third kappa shape index (κ3) is 3.68. The molecule has 6 nitrogen and oxygen atoms in total. The van der Waals surface area contributed by atoms with Crippen molar-refractivity contribution < 1.29 is 4.39 Å². The van der Waals surface area contributed by atoms with E-state index in [0.717, 1.165) is 18.5 Å². The molecule has 138 valence electrons. The van der Waals surface area contributed by atoms with E-state index >= 15 is 0 Å². The standard InChI is InChI=1S/C19H17ClFN5O/c20-15-10-14(21)3-2-13(15)5-9-25-7-1-8-26-18(27)11-17(24-19(25)26)16-4-6-22-12-23-16/h2-4,6,10-12H,1,5,7-9H2. The zero-order chi connectivity index (χ0) is 18.8. The Balaban J connectivity index is 1.64. The monoisotopic (exact) mass is 385 g/mol. The predicted molar refractivity (Wildman–Crippen MR) is 101 cm³/mol. The summed E-state index contributed by atoms with van der Waals surface area (Å²) in [7, 11) is 0. The molecular formula is C19H17ClFN5O. The molecule has 0 radical (unpaired) electrons. The number of benzene rings is 1. The Labute approximate surface area is 160 Å². The van der Waals surface area contributed by atoms with E-state index in [1.165, 1.54) is 24.5 Å². The topological polar surface area (TPSA) is 63.9 Å². The van der Waals surface area contributed by atoms with Crippen LogP contribution < -0.4 is 10.5 Å². The molecule has 0 N–H and O–H groups in total. The molecule has 0 aliphatic carbocycles. The Morgan fingerprint density at radius 3 is 2.81 bits per heavy atom. The molecule has 3 aromatic rings. The summed E-state index contributed by atoms with van der Waals surface area (Å²) in [6.45, 7) is 2.06. The van der Waals surface area contributed by atoms with Crippen molar-refractivity contribution in [3.05, 3.63) is 69.6 Å². The van der Waals surface area contributed by atoms with Crippen LogP contribution in [0, 0.1) is 5.82 Å². The Bertz CT molecular complexity index is 1020. The second-order valence-electron chi connectivity index (χ2n) is 6.35. The highest BCUT2D eigenvalue weighted by molar-refractivity contribution is 6.31. The zero-order valence-corrected chi connectivity index (χ0v) is 15.2. The van der Waals surface area contributed by atoms with Crippen molar-refractivity contribution in [2.45, 2.75) is 19.4 Å². The minimum atomic E-state index is -0.352. The highest BCUT2D eigenvalue weighted by Crippen LogP contribution is 2.23. The van der Waals surface area contributed by atoms with Crippen LogP contribution in [0.15, 0.2) is 47.7 Å². The smallest absolute Gasteiger partial charge is 0.255 e. The molecule has 1 aliphatic heterocycles. The van der Waals surface area contributed by atoms with E-state index in [-0.39, 0.29) is 11.4 Å². The quantitative estimate of drug-likeness (QED) is 0.691. The molecule has 0 saturated heterocycles. The van der Waals surface area contributed by atoms with Crippen molar-refractivity contribution >= 4 is 17.5 Å². The van der Waals surface area contributed by atoms with Crippen molar-refractivity contribution in [2.24, 2.45) is 0 Å². The number of fused-ring (bicyclic) bond motifs is 1. The number of hydrogen-bond acceptors (Lipinski definition) is 5. The molecule has 1 aromatic carbocycles. The number of aromatic nitrogens is 4. The van der Waals surface area contributed by atoms with Crippen LogP contribution in [0.2, 0.25) is 5.02 Å². The van der Waals surface area contributed by atoms with E-state index in [9.17, 15) is 9.18 Å². The molecule has 0 atom stereocenters. The molecule has 3 heterocycles. The maximum Gasteiger partial charge on any atom is 0.255 e. The van der Waals surface area contributed by atoms with Crippen LogP contribution >= 0.6 is 11.6 Å². The van der Waals surface area contributed by atoms with Gasteiger partial charge in [-0.25, -0.2) is 19.3 Å². The largest absolute Gasteiger partial charge is 0.342 e. The summed E-state index contributed by atoms with van der Waals surface area (Å²) in [5.41, 5.74) is 1.90. The van der Waals surface area contributed by atoms with Gasteiger partial charge in [-0.05, 0) is 36.6 Å². The van der Waals surface area contributed by atoms with Crippen LogP contribution in [0.3, 0.4) is 0 Å². The number of hydrogen-bond donors (Lipinski definition) is 0. The highest BCUT2D eigenvalue weighted by atomic mass is 35.5. The van der Waals surface area contributed by atoms with Gasteiger partial charge in [-0.3, -0.25) is 9.36 Å². The van der Waals surface area contributed by atoms with Crippen LogP contribution in [-0.4, -0.2) is 32.6 Å². The van der Waals surface area contributed by atoms with Crippen molar-refractivity contribution in [3.8, 4) is 11.4 Å². The van der Waals surface area contributed by atoms with E-state index in [1.54, 1.807) is 22.9 Å². The maximum atomic E-state index is 13.2. The first kappa shape index (κ1) is 17.6. The summed E-state index contributed by atoms with van der Waals surface area (Å²) < 4.78 is 14.9. The second kappa shape index (κ2) is 7.44. The normalized spacial score (nSPS) is 13.5. The van der Waals surface area contributed by atoms with Gasteiger partial charge in [-0.2, -0.15) is 0 Å². The highest BCUT2D eigenvalue weighted by Gasteiger charge is 2.21. The molecule has 27 heavy (non-hydrogen) atoms. The van der Waals surface area contributed by atoms with Gasteiger partial charge >= 0.3 is 0 Å². The van der Waals surface area contributed by atoms with Crippen molar-refractivity contribution in [1.29, 1.82) is 0 Å². The molecule has 8 heteroatoms. The van der Waals surface area contributed by atoms with Crippen molar-refractivity contribution in [1.82, 2.24) is 19.5 Å². The van der Waals surface area contributed by atoms with Gasteiger partial charge in [0.05, 0.1) is 11.4 Å². The lowest BCUT2D eigenvalue weighted by molar-refractivity contribution is 0.532. The van der Waals surface area contributed by atoms with Gasteiger partial charge < -0.3 is 4.90 Å². The zero-order valence-electron chi connectivity index (χ0n) is 14.5. The van der Waals surface area contributed by atoms with Gasteiger partial charge in [0.1, 0.15) is 12.1 Å². The first-order chi connectivity index (χ1) is 13.1. The van der Waals surface area contributed by atoms with Crippen LogP contribution in [0.1, 0.15) is 12.0 Å². The van der Waals surface area contributed by atoms with E-state index in [2.05, 4.69) is 19.9 Å². The SMILES string of the molecule is O=c1cc(-c2ccncn2)nc2n1CCCN2CCc1ccc(F)cc1Cl. The fourth-order valence-electron chi connectivity index (χ4n) is 3.23. The van der Waals surface area contributed by atoms with Gasteiger partial charge in [0.2, 0.25) is 5.95 Å². The molecule has 2 aromatic heterocycles. The Morgan fingerprint density at radius 2 is 2.04 bits per heavy atom. The van der Waals surface area contributed by atoms with Gasteiger partial charge in [-0.15, -0.1) is 0 Å². The summed E-state index contributed by atoms with van der Waals surface area (Å²) in [6, 6.07) is 7.65. The van der Waals surface area contributed by atoms with Crippen LogP contribution in [0.4, 0.5) is 10.3 Å². The van der Waals surface area contributed by atoms with Crippen LogP contribution in [-0.2, 0) is 13.0 Å². The molecule has 0 unspecified atom stereocenters. The Hall–Kier alpha value is -2.80. The van der Waals surface area contributed by atoms with E-state index in [1.807, 2.05) is 0 Å². The summed E-state index contributed by atoms with van der Waals surface area (Å²) in [6.07, 6.45) is 4.54. The first-order valence-corrected chi connectivity index (χ1v) is 9.07. The lowest BCUT2D eigenvalue weighted by Gasteiger charge is -2.31. The molecule has 0 amide bonds. The third-order valence-corrected chi connectivity index (χ3v) is 4.94. The lowest BCUT2D eigenvalue weighted by Crippen LogP contribution is -2.39. The minimum absolute atomic E-state index is 0.0990. The minimum Gasteiger partial charge on any atom is -0.342 e. The molecule has 0 bridgehead atoms. The molecular weight excluding hydrogens is 369 g/mol. The first-order valence-electron chi connectivity index (χ1n) is 8.69. The van der Waals surface area contributed by atoms with Crippen LogP contribution in [0.5, 0.6) is 0 Å². The molecule has 0 spiro atoms. The average Bonchev–Trinajstić information content (AvgIpc) is 2.68. The van der Waals surface area contributed by atoms with Gasteiger partial charge in [0.25, 0.3) is 5.56 Å². The predicted octanol–water partition coefficient (Wildman–Crippen LogP) is 2.95. The van der Waals surface area contributed by atoms with Gasteiger partial charge in [-0.1, -0.05) is 17.7 Å². The number of anilines is 1.